The van der Waals surface area contributed by atoms with Gasteiger partial charge in [0.15, 0.2) is 12.1 Å². The van der Waals surface area contributed by atoms with Gasteiger partial charge < -0.3 is 14.4 Å². The fourth-order valence-corrected chi connectivity index (χ4v) is 6.20. The minimum Gasteiger partial charge on any atom is -0.374 e. The Labute approximate surface area is 220 Å². The van der Waals surface area contributed by atoms with E-state index < -0.39 is 30.8 Å². The minimum absolute atomic E-state index is 0.0351. The number of carbonyl (C=O) groups excluding carboxylic acids is 1. The number of nitrogens with zero attached hydrogens (tertiary/aromatic N) is 1. The second-order valence-corrected chi connectivity index (χ2v) is 10.7. The largest absolute Gasteiger partial charge is 0.416 e. The van der Waals surface area contributed by atoms with Gasteiger partial charge in [0, 0.05) is 43.1 Å². The van der Waals surface area contributed by atoms with Gasteiger partial charge in [-0.25, -0.2) is 4.39 Å². The Balaban J connectivity index is 1.44. The molecular weight excluding hydrogens is 498 g/mol. The van der Waals surface area contributed by atoms with Crippen LogP contribution in [0.5, 0.6) is 0 Å². The average Bonchev–Trinajstić information content (AvgIpc) is 3.33. The number of ether oxygens (including phenoxy) is 2. The summed E-state index contributed by atoms with van der Waals surface area (Å²) in [4.78, 5) is 14.4. The van der Waals surface area contributed by atoms with Crippen LogP contribution in [-0.2, 0) is 27.1 Å². The molecule has 3 aliphatic rings. The van der Waals surface area contributed by atoms with Crippen LogP contribution in [0.4, 0.5) is 17.6 Å². The van der Waals surface area contributed by atoms with Crippen LogP contribution >= 0.6 is 0 Å². The fraction of sp³-hybridized carbons (Fsp3) is 0.500. The van der Waals surface area contributed by atoms with Crippen molar-refractivity contribution in [2.24, 2.45) is 11.8 Å². The summed E-state index contributed by atoms with van der Waals surface area (Å²) < 4.78 is 66.5. The zero-order chi connectivity index (χ0) is 27.0. The molecule has 2 fully saturated rings. The maximum absolute atomic E-state index is 13.5. The van der Waals surface area contributed by atoms with Gasteiger partial charge in [0.1, 0.15) is 6.67 Å². The molecule has 8 heteroatoms. The number of alkyl halides is 4. The highest BCUT2D eigenvalue weighted by atomic mass is 19.4. The van der Waals surface area contributed by atoms with E-state index in [-0.39, 0.29) is 34.7 Å². The molecule has 2 heterocycles. The van der Waals surface area contributed by atoms with Gasteiger partial charge in [-0.3, -0.25) is 4.79 Å². The SMILES string of the molecule is Cc1ccccc1[C@@H]1[C@@H](O[C@H](C)c2cc(CF)cc(C(F)(F)F)c2)OC[C@@H]2CN(C3=CC(=O)CCC3)C[C@H]21. The Morgan fingerprint density at radius 2 is 1.92 bits per heavy atom. The van der Waals surface area contributed by atoms with Gasteiger partial charge in [-0.1, -0.05) is 30.3 Å². The van der Waals surface area contributed by atoms with Gasteiger partial charge in [0.05, 0.1) is 18.3 Å². The maximum Gasteiger partial charge on any atom is 0.416 e. The molecule has 38 heavy (non-hydrogen) atoms. The van der Waals surface area contributed by atoms with Gasteiger partial charge in [-0.05, 0) is 67.0 Å². The Bertz CT molecular complexity index is 1210. The number of carbonyl (C=O) groups is 1. The van der Waals surface area contributed by atoms with Crippen LogP contribution in [-0.4, -0.2) is 36.7 Å². The number of aryl methyl sites for hydroxylation is 1. The number of hydrogen-bond donors (Lipinski definition) is 0. The number of benzene rings is 2. The Morgan fingerprint density at radius 1 is 1.13 bits per heavy atom. The summed E-state index contributed by atoms with van der Waals surface area (Å²) >= 11 is 0. The number of fused-ring (bicyclic) bond motifs is 1. The smallest absolute Gasteiger partial charge is 0.374 e. The summed E-state index contributed by atoms with van der Waals surface area (Å²) in [6, 6.07) is 11.3. The van der Waals surface area contributed by atoms with Crippen LogP contribution in [0.3, 0.4) is 0 Å². The molecule has 5 rings (SSSR count). The third-order valence-electron chi connectivity index (χ3n) is 8.16. The molecule has 0 saturated carbocycles. The lowest BCUT2D eigenvalue weighted by Crippen LogP contribution is -2.42. The number of ketones is 1. The first-order chi connectivity index (χ1) is 18.1. The number of hydrogen-bond acceptors (Lipinski definition) is 4. The van der Waals surface area contributed by atoms with E-state index in [1.165, 1.54) is 6.07 Å². The lowest BCUT2D eigenvalue weighted by molar-refractivity contribution is -0.217. The highest BCUT2D eigenvalue weighted by molar-refractivity contribution is 5.91. The van der Waals surface area contributed by atoms with Gasteiger partial charge >= 0.3 is 6.18 Å². The van der Waals surface area contributed by atoms with E-state index in [0.717, 1.165) is 54.9 Å². The van der Waals surface area contributed by atoms with E-state index in [4.69, 9.17) is 9.47 Å². The van der Waals surface area contributed by atoms with Crippen LogP contribution in [0.25, 0.3) is 0 Å². The summed E-state index contributed by atoms with van der Waals surface area (Å²) in [6.45, 7) is 4.74. The summed E-state index contributed by atoms with van der Waals surface area (Å²) in [6.07, 6.45) is -1.91. The van der Waals surface area contributed by atoms with Crippen LogP contribution < -0.4 is 0 Å². The number of likely N-dealkylation sites (tertiary alicyclic amines) is 1. The van der Waals surface area contributed by atoms with Crippen molar-refractivity contribution in [2.75, 3.05) is 19.7 Å². The fourth-order valence-electron chi connectivity index (χ4n) is 6.20. The molecule has 0 spiro atoms. The van der Waals surface area contributed by atoms with E-state index in [2.05, 4.69) is 11.0 Å². The number of allylic oxidation sites excluding steroid dienone is 2. The maximum atomic E-state index is 13.5. The zero-order valence-electron chi connectivity index (χ0n) is 21.6. The molecule has 0 radical (unpaired) electrons. The normalized spacial score (nSPS) is 26.7. The van der Waals surface area contributed by atoms with Crippen LogP contribution in [0.1, 0.15) is 66.0 Å². The third-order valence-corrected chi connectivity index (χ3v) is 8.16. The summed E-state index contributed by atoms with van der Waals surface area (Å²) in [5.74, 6) is 0.438. The van der Waals surface area contributed by atoms with Crippen LogP contribution in [0.2, 0.25) is 0 Å². The molecule has 1 aliphatic carbocycles. The molecule has 2 aromatic carbocycles. The molecule has 0 bridgehead atoms. The first-order valence-electron chi connectivity index (χ1n) is 13.2. The Hall–Kier alpha value is -2.71. The van der Waals surface area contributed by atoms with Crippen molar-refractivity contribution in [3.63, 3.8) is 0 Å². The minimum atomic E-state index is -4.58. The van der Waals surface area contributed by atoms with Crippen molar-refractivity contribution in [3.8, 4) is 0 Å². The first-order valence-corrected chi connectivity index (χ1v) is 13.2. The predicted molar refractivity (Wildman–Crippen MR) is 135 cm³/mol. The second-order valence-electron chi connectivity index (χ2n) is 10.7. The molecule has 4 nitrogen and oxygen atoms in total. The predicted octanol–water partition coefficient (Wildman–Crippen LogP) is 6.89. The highest BCUT2D eigenvalue weighted by Crippen LogP contribution is 2.47. The lowest BCUT2D eigenvalue weighted by atomic mass is 9.76. The second kappa shape index (κ2) is 10.8. The van der Waals surface area contributed by atoms with Crippen molar-refractivity contribution in [3.05, 3.63) is 82.1 Å². The Morgan fingerprint density at radius 3 is 2.63 bits per heavy atom. The molecular formula is C30H33F4NO3. The van der Waals surface area contributed by atoms with Crippen molar-refractivity contribution in [1.82, 2.24) is 4.90 Å². The van der Waals surface area contributed by atoms with Gasteiger partial charge in [-0.2, -0.15) is 13.2 Å². The molecule has 0 unspecified atom stereocenters. The van der Waals surface area contributed by atoms with E-state index >= 15 is 0 Å². The molecule has 204 valence electrons. The Kier molecular flexibility index (Phi) is 7.65. The van der Waals surface area contributed by atoms with Crippen molar-refractivity contribution < 1.29 is 31.8 Å². The standard InChI is InChI=1S/C30H33F4NO3/c1-18-6-3-4-9-26(18)28-27-16-35(24-7-5-8-25(36)13-24)15-22(27)17-37-29(28)38-19(2)21-10-20(14-31)11-23(12-21)30(32,33)34/h3-4,6,9-13,19,22,27-29H,5,7-8,14-17H2,1-2H3/t19-,22+,27-,28+,29-/m1/s1. The van der Waals surface area contributed by atoms with E-state index in [9.17, 15) is 22.4 Å². The van der Waals surface area contributed by atoms with E-state index in [1.807, 2.05) is 25.1 Å². The van der Waals surface area contributed by atoms with Gasteiger partial charge in [0.2, 0.25) is 0 Å². The molecule has 2 saturated heterocycles. The molecule has 2 aromatic rings. The zero-order valence-corrected chi connectivity index (χ0v) is 21.6. The molecule has 0 amide bonds. The van der Waals surface area contributed by atoms with Crippen molar-refractivity contribution in [1.29, 1.82) is 0 Å². The summed E-state index contributed by atoms with van der Waals surface area (Å²) in [5, 5.41) is 0. The van der Waals surface area contributed by atoms with Gasteiger partial charge in [-0.15, -0.1) is 0 Å². The van der Waals surface area contributed by atoms with Gasteiger partial charge in [0.25, 0.3) is 0 Å². The highest BCUT2D eigenvalue weighted by Gasteiger charge is 2.48. The monoisotopic (exact) mass is 531 g/mol. The number of rotatable bonds is 6. The summed E-state index contributed by atoms with van der Waals surface area (Å²) in [7, 11) is 0. The molecule has 0 aromatic heterocycles. The molecule has 0 N–H and O–H groups in total. The van der Waals surface area contributed by atoms with E-state index in [1.54, 1.807) is 13.0 Å². The quantitative estimate of drug-likeness (QED) is 0.381. The van der Waals surface area contributed by atoms with Crippen LogP contribution in [0, 0.1) is 18.8 Å². The third kappa shape index (κ3) is 5.52. The average molecular weight is 532 g/mol. The topological polar surface area (TPSA) is 38.8 Å². The van der Waals surface area contributed by atoms with E-state index in [0.29, 0.717) is 13.0 Å². The lowest BCUT2D eigenvalue weighted by Gasteiger charge is -2.41. The van der Waals surface area contributed by atoms with Crippen LogP contribution in [0.15, 0.2) is 54.2 Å². The first kappa shape index (κ1) is 26.9. The number of halogens is 4. The van der Waals surface area contributed by atoms with Crippen molar-refractivity contribution >= 4 is 5.78 Å². The summed E-state index contributed by atoms with van der Waals surface area (Å²) in [5.41, 5.74) is 2.59. The molecule has 2 aliphatic heterocycles. The molecule has 5 atom stereocenters. The van der Waals surface area contributed by atoms with Crippen molar-refractivity contribution in [2.45, 2.75) is 64.3 Å².